The van der Waals surface area contributed by atoms with E-state index in [4.69, 9.17) is 4.43 Å². The average Bonchev–Trinajstić information content (AvgIpc) is 2.39. The maximum Gasteiger partial charge on any atom is 0.192 e. The van der Waals surface area contributed by atoms with Crippen molar-refractivity contribution in [1.29, 1.82) is 0 Å². The van der Waals surface area contributed by atoms with Gasteiger partial charge in [0, 0.05) is 12.0 Å². The number of allylic oxidation sites excluding steroid dienone is 2. The Morgan fingerprint density at radius 1 is 1.38 bits per heavy atom. The van der Waals surface area contributed by atoms with E-state index in [1.807, 2.05) is 6.08 Å². The Labute approximate surface area is 130 Å². The molecule has 2 N–H and O–H groups in total. The SMILES string of the molecule is C=CC[C@]1(CO)[C@@H](CO)CC=C[C@H]1O[Si](C)(C)C(C)(C)C. The molecule has 3 nitrogen and oxygen atoms in total. The first-order valence-electron chi connectivity index (χ1n) is 7.81. The van der Waals surface area contributed by atoms with Gasteiger partial charge in [-0.25, -0.2) is 0 Å². The van der Waals surface area contributed by atoms with Crippen LogP contribution in [0.2, 0.25) is 18.1 Å². The molecule has 1 rings (SSSR count). The van der Waals surface area contributed by atoms with Crippen LogP contribution >= 0.6 is 0 Å². The van der Waals surface area contributed by atoms with Crippen LogP contribution < -0.4 is 0 Å². The fourth-order valence-electron chi connectivity index (χ4n) is 2.77. The van der Waals surface area contributed by atoms with Gasteiger partial charge in [0.15, 0.2) is 8.32 Å². The topological polar surface area (TPSA) is 49.7 Å². The molecule has 0 saturated carbocycles. The van der Waals surface area contributed by atoms with Gasteiger partial charge in [-0.1, -0.05) is 39.0 Å². The van der Waals surface area contributed by atoms with Gasteiger partial charge in [-0.2, -0.15) is 0 Å². The normalized spacial score (nSPS) is 30.4. The second kappa shape index (κ2) is 6.78. The fourth-order valence-corrected chi connectivity index (χ4v) is 4.07. The van der Waals surface area contributed by atoms with Crippen molar-refractivity contribution in [3.63, 3.8) is 0 Å². The summed E-state index contributed by atoms with van der Waals surface area (Å²) in [6.07, 6.45) is 7.26. The van der Waals surface area contributed by atoms with E-state index in [1.54, 1.807) is 0 Å². The molecule has 0 aliphatic heterocycles. The maximum atomic E-state index is 10.1. The minimum Gasteiger partial charge on any atom is -0.410 e. The molecule has 122 valence electrons. The van der Waals surface area contributed by atoms with Gasteiger partial charge >= 0.3 is 0 Å². The molecule has 0 heterocycles. The molecule has 0 aromatic heterocycles. The fraction of sp³-hybridized carbons (Fsp3) is 0.765. The molecule has 3 atom stereocenters. The van der Waals surface area contributed by atoms with Crippen LogP contribution in [0, 0.1) is 11.3 Å². The van der Waals surface area contributed by atoms with Crippen LogP contribution in [0.5, 0.6) is 0 Å². The second-order valence-electron chi connectivity index (χ2n) is 7.73. The summed E-state index contributed by atoms with van der Waals surface area (Å²) >= 11 is 0. The summed E-state index contributed by atoms with van der Waals surface area (Å²) in [5.41, 5.74) is -0.458. The van der Waals surface area contributed by atoms with Gasteiger partial charge in [-0.15, -0.1) is 6.58 Å². The lowest BCUT2D eigenvalue weighted by atomic mass is 9.65. The van der Waals surface area contributed by atoms with Gasteiger partial charge in [-0.3, -0.25) is 0 Å². The Balaban J connectivity index is 3.15. The highest BCUT2D eigenvalue weighted by Gasteiger charge is 2.49. The lowest BCUT2D eigenvalue weighted by molar-refractivity contribution is -0.0498. The summed E-state index contributed by atoms with van der Waals surface area (Å²) in [7, 11) is -1.95. The average molecular weight is 313 g/mol. The summed E-state index contributed by atoms with van der Waals surface area (Å²) in [4.78, 5) is 0. The second-order valence-corrected chi connectivity index (χ2v) is 12.5. The smallest absolute Gasteiger partial charge is 0.192 e. The van der Waals surface area contributed by atoms with Crippen LogP contribution in [0.1, 0.15) is 33.6 Å². The zero-order valence-electron chi connectivity index (χ0n) is 14.2. The van der Waals surface area contributed by atoms with E-state index < -0.39 is 13.7 Å². The van der Waals surface area contributed by atoms with Crippen molar-refractivity contribution >= 4 is 8.32 Å². The van der Waals surface area contributed by atoms with Gasteiger partial charge in [-0.05, 0) is 36.9 Å². The Morgan fingerprint density at radius 2 is 2.00 bits per heavy atom. The maximum absolute atomic E-state index is 10.1. The van der Waals surface area contributed by atoms with Crippen molar-refractivity contribution in [3.05, 3.63) is 24.8 Å². The van der Waals surface area contributed by atoms with Crippen LogP contribution in [0.3, 0.4) is 0 Å². The third kappa shape index (κ3) is 3.67. The highest BCUT2D eigenvalue weighted by molar-refractivity contribution is 6.74. The first-order chi connectivity index (χ1) is 9.64. The minimum absolute atomic E-state index is 0.00781. The van der Waals surface area contributed by atoms with Crippen molar-refractivity contribution in [1.82, 2.24) is 0 Å². The summed E-state index contributed by atoms with van der Waals surface area (Å²) < 4.78 is 6.57. The monoisotopic (exact) mass is 312 g/mol. The van der Waals surface area contributed by atoms with Crippen LogP contribution in [0.4, 0.5) is 0 Å². The molecular weight excluding hydrogens is 280 g/mol. The molecule has 0 amide bonds. The highest BCUT2D eigenvalue weighted by atomic mass is 28.4. The molecule has 1 aliphatic carbocycles. The number of hydrogen-bond donors (Lipinski definition) is 2. The summed E-state index contributed by atoms with van der Waals surface area (Å²) in [5, 5.41) is 19.9. The van der Waals surface area contributed by atoms with Crippen LogP contribution in [-0.2, 0) is 4.43 Å². The van der Waals surface area contributed by atoms with E-state index in [2.05, 4.69) is 52.6 Å². The van der Waals surface area contributed by atoms with E-state index in [0.717, 1.165) is 6.42 Å². The zero-order chi connectivity index (χ0) is 16.3. The van der Waals surface area contributed by atoms with Crippen LogP contribution in [0.25, 0.3) is 0 Å². The summed E-state index contributed by atoms with van der Waals surface area (Å²) in [6, 6.07) is 0. The van der Waals surface area contributed by atoms with E-state index in [9.17, 15) is 10.2 Å². The molecule has 4 heteroatoms. The molecule has 0 saturated heterocycles. The zero-order valence-corrected chi connectivity index (χ0v) is 15.2. The standard InChI is InChI=1S/C17H32O3Si/c1-7-11-17(13-19)14(12-18)9-8-10-15(17)20-21(5,6)16(2,3)4/h7-8,10,14-15,18-19H,1,9,11-13H2,2-6H3/t14-,15-,17+/m1/s1. The van der Waals surface area contributed by atoms with Gasteiger partial charge in [0.25, 0.3) is 0 Å². The van der Waals surface area contributed by atoms with E-state index in [-0.39, 0.29) is 30.3 Å². The van der Waals surface area contributed by atoms with E-state index in [1.165, 1.54) is 0 Å². The molecule has 0 unspecified atom stereocenters. The number of aliphatic hydroxyl groups is 2. The number of rotatable bonds is 6. The summed E-state index contributed by atoms with van der Waals surface area (Å²) in [5.74, 6) is 0.0141. The van der Waals surface area contributed by atoms with Gasteiger partial charge < -0.3 is 14.6 Å². The highest BCUT2D eigenvalue weighted by Crippen LogP contribution is 2.46. The van der Waals surface area contributed by atoms with Gasteiger partial charge in [0.05, 0.1) is 12.7 Å². The molecular formula is C17H32O3Si. The number of aliphatic hydroxyl groups excluding tert-OH is 2. The van der Waals surface area contributed by atoms with Crippen molar-refractivity contribution in [2.45, 2.75) is 57.8 Å². The number of hydrogen-bond acceptors (Lipinski definition) is 3. The summed E-state index contributed by atoms with van der Waals surface area (Å²) in [6.45, 7) is 15.0. The molecule has 0 aromatic rings. The lowest BCUT2D eigenvalue weighted by Crippen LogP contribution is -2.54. The molecule has 0 radical (unpaired) electrons. The third-order valence-electron chi connectivity index (χ3n) is 5.38. The molecule has 0 fully saturated rings. The quantitative estimate of drug-likeness (QED) is 0.583. The van der Waals surface area contributed by atoms with Crippen molar-refractivity contribution in [2.24, 2.45) is 11.3 Å². The Kier molecular flexibility index (Phi) is 6.01. The Bertz CT molecular complexity index is 384. The first kappa shape index (κ1) is 18.6. The Morgan fingerprint density at radius 3 is 2.43 bits per heavy atom. The lowest BCUT2D eigenvalue weighted by Gasteiger charge is -2.49. The predicted octanol–water partition coefficient (Wildman–Crippen LogP) is 3.50. The van der Waals surface area contributed by atoms with Crippen molar-refractivity contribution < 1.29 is 14.6 Å². The van der Waals surface area contributed by atoms with Crippen molar-refractivity contribution in [3.8, 4) is 0 Å². The van der Waals surface area contributed by atoms with Crippen LogP contribution in [0.15, 0.2) is 24.8 Å². The molecule has 0 aromatic carbocycles. The predicted molar refractivity (Wildman–Crippen MR) is 90.7 cm³/mol. The first-order valence-corrected chi connectivity index (χ1v) is 10.7. The molecule has 0 bridgehead atoms. The third-order valence-corrected chi connectivity index (χ3v) is 9.83. The van der Waals surface area contributed by atoms with E-state index >= 15 is 0 Å². The van der Waals surface area contributed by atoms with Gasteiger partial charge in [0.2, 0.25) is 0 Å². The molecule has 0 spiro atoms. The van der Waals surface area contributed by atoms with Crippen molar-refractivity contribution in [2.75, 3.05) is 13.2 Å². The minimum atomic E-state index is -1.95. The van der Waals surface area contributed by atoms with Gasteiger partial charge in [0.1, 0.15) is 0 Å². The molecule has 21 heavy (non-hydrogen) atoms. The van der Waals surface area contributed by atoms with E-state index in [0.29, 0.717) is 6.42 Å². The largest absolute Gasteiger partial charge is 0.410 e. The van der Waals surface area contributed by atoms with Crippen LogP contribution in [-0.4, -0.2) is 37.8 Å². The Hall–Kier alpha value is -0.423. The molecule has 1 aliphatic rings.